The van der Waals surface area contributed by atoms with E-state index >= 15 is 0 Å². The molecule has 2 heterocycles. The number of rotatable bonds is 6. The fraction of sp³-hybridized carbons (Fsp3) is 0.550. The lowest BCUT2D eigenvalue weighted by Crippen LogP contribution is -2.56. The number of piperazine rings is 1. The first-order valence-corrected chi connectivity index (χ1v) is 9.73. The Bertz CT molecular complexity index is 715. The normalized spacial score (nSPS) is 17.9. The number of carbonyl (C=O) groups excluding carboxylic acids is 3. The van der Waals surface area contributed by atoms with Crippen LogP contribution in [0.5, 0.6) is 0 Å². The van der Waals surface area contributed by atoms with Crippen molar-refractivity contribution in [2.75, 3.05) is 64.4 Å². The molecule has 28 heavy (non-hydrogen) atoms. The van der Waals surface area contributed by atoms with Gasteiger partial charge in [0.1, 0.15) is 6.54 Å². The highest BCUT2D eigenvalue weighted by atomic mass is 16.5. The number of carbonyl (C=O) groups is 3. The van der Waals surface area contributed by atoms with Crippen molar-refractivity contribution in [1.29, 1.82) is 0 Å². The number of nitrogens with zero attached hydrogens (tertiary/aromatic N) is 4. The van der Waals surface area contributed by atoms with Crippen LogP contribution in [0.3, 0.4) is 0 Å². The molecule has 0 aromatic heterocycles. The summed E-state index contributed by atoms with van der Waals surface area (Å²) in [6, 6.07) is 8.16. The average Bonchev–Trinajstić information content (AvgIpc) is 2.72. The van der Waals surface area contributed by atoms with Gasteiger partial charge < -0.3 is 24.3 Å². The SMILES string of the molecule is CCN1CCN(CC(=O)N(C)Cc2ccc(N3CCOCC3)cc2)C(=O)C1=O. The van der Waals surface area contributed by atoms with E-state index in [2.05, 4.69) is 17.0 Å². The Kier molecular flexibility index (Phi) is 6.51. The monoisotopic (exact) mass is 388 g/mol. The van der Waals surface area contributed by atoms with Crippen LogP contribution in [0.25, 0.3) is 0 Å². The largest absolute Gasteiger partial charge is 0.378 e. The van der Waals surface area contributed by atoms with Gasteiger partial charge >= 0.3 is 11.8 Å². The van der Waals surface area contributed by atoms with E-state index in [1.807, 2.05) is 19.1 Å². The van der Waals surface area contributed by atoms with Crippen molar-refractivity contribution >= 4 is 23.4 Å². The molecule has 0 saturated carbocycles. The third-order valence-corrected chi connectivity index (χ3v) is 5.26. The molecule has 0 spiro atoms. The molecule has 3 amide bonds. The van der Waals surface area contributed by atoms with Gasteiger partial charge in [0.2, 0.25) is 5.91 Å². The molecule has 0 radical (unpaired) electrons. The Morgan fingerprint density at radius 3 is 2.25 bits per heavy atom. The van der Waals surface area contributed by atoms with Crippen LogP contribution in [-0.4, -0.2) is 92.0 Å². The predicted molar refractivity (Wildman–Crippen MR) is 105 cm³/mol. The fourth-order valence-corrected chi connectivity index (χ4v) is 3.45. The molecule has 2 aliphatic heterocycles. The van der Waals surface area contributed by atoms with Crippen molar-refractivity contribution in [2.45, 2.75) is 13.5 Å². The third kappa shape index (κ3) is 4.62. The van der Waals surface area contributed by atoms with E-state index in [0.717, 1.165) is 37.6 Å². The molecule has 8 heteroatoms. The van der Waals surface area contributed by atoms with E-state index in [1.54, 1.807) is 11.9 Å². The molecule has 1 aromatic rings. The van der Waals surface area contributed by atoms with E-state index in [0.29, 0.717) is 26.2 Å². The third-order valence-electron chi connectivity index (χ3n) is 5.26. The Morgan fingerprint density at radius 2 is 1.61 bits per heavy atom. The summed E-state index contributed by atoms with van der Waals surface area (Å²) >= 11 is 0. The second-order valence-electron chi connectivity index (χ2n) is 7.13. The number of ether oxygens (including phenoxy) is 1. The highest BCUT2D eigenvalue weighted by Crippen LogP contribution is 2.17. The molecule has 0 N–H and O–H groups in total. The molecular weight excluding hydrogens is 360 g/mol. The lowest BCUT2D eigenvalue weighted by atomic mass is 10.1. The average molecular weight is 388 g/mol. The highest BCUT2D eigenvalue weighted by molar-refractivity contribution is 6.35. The Morgan fingerprint density at radius 1 is 1.00 bits per heavy atom. The number of hydrogen-bond donors (Lipinski definition) is 0. The first-order chi connectivity index (χ1) is 13.5. The van der Waals surface area contributed by atoms with Gasteiger partial charge in [-0.25, -0.2) is 0 Å². The van der Waals surface area contributed by atoms with E-state index in [1.165, 1.54) is 9.80 Å². The molecule has 0 aliphatic carbocycles. The maximum absolute atomic E-state index is 12.5. The minimum Gasteiger partial charge on any atom is -0.378 e. The number of morpholine rings is 1. The number of benzene rings is 1. The molecule has 2 saturated heterocycles. The predicted octanol–water partition coefficient (Wildman–Crippen LogP) is 0.172. The van der Waals surface area contributed by atoms with Crippen LogP contribution in [0.1, 0.15) is 12.5 Å². The highest BCUT2D eigenvalue weighted by Gasteiger charge is 2.33. The molecule has 3 rings (SSSR count). The Labute approximate surface area is 165 Å². The van der Waals surface area contributed by atoms with E-state index in [-0.39, 0.29) is 12.5 Å². The van der Waals surface area contributed by atoms with Crippen LogP contribution in [-0.2, 0) is 25.7 Å². The van der Waals surface area contributed by atoms with Crippen LogP contribution in [0.15, 0.2) is 24.3 Å². The molecular formula is C20H28N4O4. The number of anilines is 1. The van der Waals surface area contributed by atoms with Crippen molar-refractivity contribution in [3.05, 3.63) is 29.8 Å². The van der Waals surface area contributed by atoms with Crippen molar-refractivity contribution in [3.8, 4) is 0 Å². The quantitative estimate of drug-likeness (QED) is 0.650. The first-order valence-electron chi connectivity index (χ1n) is 9.73. The van der Waals surface area contributed by atoms with Gasteiger partial charge in [0.05, 0.1) is 13.2 Å². The van der Waals surface area contributed by atoms with Gasteiger partial charge in [0, 0.05) is 52.0 Å². The van der Waals surface area contributed by atoms with E-state index < -0.39 is 11.8 Å². The maximum Gasteiger partial charge on any atom is 0.312 e. The molecule has 1 aromatic carbocycles. The first kappa shape index (κ1) is 20.1. The summed E-state index contributed by atoms with van der Waals surface area (Å²) in [5.74, 6) is -1.30. The van der Waals surface area contributed by atoms with Crippen LogP contribution in [0, 0.1) is 0 Å². The van der Waals surface area contributed by atoms with Gasteiger partial charge in [-0.1, -0.05) is 12.1 Å². The molecule has 152 valence electrons. The molecule has 2 fully saturated rings. The summed E-state index contributed by atoms with van der Waals surface area (Å²) in [4.78, 5) is 43.4. The summed E-state index contributed by atoms with van der Waals surface area (Å²) in [6.07, 6.45) is 0. The summed E-state index contributed by atoms with van der Waals surface area (Å²) < 4.78 is 5.38. The van der Waals surface area contributed by atoms with Gasteiger partial charge in [-0.2, -0.15) is 0 Å². The fourth-order valence-electron chi connectivity index (χ4n) is 3.45. The van der Waals surface area contributed by atoms with E-state index in [4.69, 9.17) is 4.74 Å². The molecule has 0 atom stereocenters. The summed E-state index contributed by atoms with van der Waals surface area (Å²) in [5.41, 5.74) is 2.17. The zero-order chi connectivity index (χ0) is 20.1. The zero-order valence-corrected chi connectivity index (χ0v) is 16.6. The number of amides is 3. The second-order valence-corrected chi connectivity index (χ2v) is 7.13. The van der Waals surface area contributed by atoms with Gasteiger partial charge in [-0.05, 0) is 24.6 Å². The lowest BCUT2D eigenvalue weighted by molar-refractivity contribution is -0.157. The van der Waals surface area contributed by atoms with Gasteiger partial charge in [0.15, 0.2) is 0 Å². The zero-order valence-electron chi connectivity index (χ0n) is 16.6. The van der Waals surface area contributed by atoms with Crippen LogP contribution in [0.4, 0.5) is 5.69 Å². The second kappa shape index (κ2) is 9.05. The van der Waals surface area contributed by atoms with Gasteiger partial charge in [-0.3, -0.25) is 14.4 Å². The standard InChI is InChI=1S/C20H28N4O4/c1-3-22-8-9-24(20(27)19(22)26)15-18(25)21(2)14-16-4-6-17(7-5-16)23-10-12-28-13-11-23/h4-7H,3,8-15H2,1-2H3. The summed E-state index contributed by atoms with van der Waals surface area (Å²) in [6.45, 7) is 6.86. The Balaban J connectivity index is 1.52. The van der Waals surface area contributed by atoms with Crippen molar-refractivity contribution in [3.63, 3.8) is 0 Å². The van der Waals surface area contributed by atoms with E-state index in [9.17, 15) is 14.4 Å². The molecule has 2 aliphatic rings. The summed E-state index contributed by atoms with van der Waals surface area (Å²) in [7, 11) is 1.72. The number of hydrogen-bond acceptors (Lipinski definition) is 5. The van der Waals surface area contributed by atoms with Gasteiger partial charge in [-0.15, -0.1) is 0 Å². The van der Waals surface area contributed by atoms with Gasteiger partial charge in [0.25, 0.3) is 0 Å². The van der Waals surface area contributed by atoms with Crippen molar-refractivity contribution < 1.29 is 19.1 Å². The molecule has 0 unspecified atom stereocenters. The Hall–Kier alpha value is -2.61. The minimum atomic E-state index is -0.593. The van der Waals surface area contributed by atoms with Crippen LogP contribution >= 0.6 is 0 Å². The van der Waals surface area contributed by atoms with Crippen molar-refractivity contribution in [1.82, 2.24) is 14.7 Å². The van der Waals surface area contributed by atoms with Crippen LogP contribution < -0.4 is 4.90 Å². The lowest BCUT2D eigenvalue weighted by Gasteiger charge is -2.33. The maximum atomic E-state index is 12.5. The topological polar surface area (TPSA) is 73.4 Å². The smallest absolute Gasteiger partial charge is 0.312 e. The summed E-state index contributed by atoms with van der Waals surface area (Å²) in [5, 5.41) is 0. The van der Waals surface area contributed by atoms with Crippen molar-refractivity contribution in [2.24, 2.45) is 0 Å². The minimum absolute atomic E-state index is 0.0650. The molecule has 8 nitrogen and oxygen atoms in total. The molecule has 0 bridgehead atoms. The van der Waals surface area contributed by atoms with Crippen LogP contribution in [0.2, 0.25) is 0 Å². The number of likely N-dealkylation sites (N-methyl/N-ethyl adjacent to an activating group) is 2.